The van der Waals surface area contributed by atoms with E-state index in [0.717, 1.165) is 5.56 Å². The van der Waals surface area contributed by atoms with Gasteiger partial charge in [-0.2, -0.15) is 0 Å². The van der Waals surface area contributed by atoms with Crippen LogP contribution >= 0.6 is 0 Å². The van der Waals surface area contributed by atoms with Crippen LogP contribution in [0.2, 0.25) is 0 Å². The van der Waals surface area contributed by atoms with E-state index >= 15 is 0 Å². The lowest BCUT2D eigenvalue weighted by molar-refractivity contribution is 0.0697. The van der Waals surface area contributed by atoms with Crippen LogP contribution in [0.1, 0.15) is 32.9 Å². The number of carboxylic acids is 1. The summed E-state index contributed by atoms with van der Waals surface area (Å²) in [5.74, 6) is 5.64. The predicted molar refractivity (Wildman–Crippen MR) is 88.6 cm³/mol. The van der Waals surface area contributed by atoms with E-state index in [-0.39, 0.29) is 5.56 Å². The number of benzene rings is 1. The number of aromatic nitrogens is 2. The zero-order valence-electron chi connectivity index (χ0n) is 13.2. The summed E-state index contributed by atoms with van der Waals surface area (Å²) in [6.45, 7) is 3.54. The Bertz CT molecular complexity index is 944. The van der Waals surface area contributed by atoms with E-state index in [1.165, 1.54) is 0 Å². The van der Waals surface area contributed by atoms with Crippen LogP contribution < -0.4 is 0 Å². The second-order valence-corrected chi connectivity index (χ2v) is 5.22. The van der Waals surface area contributed by atoms with Crippen LogP contribution in [0.4, 0.5) is 0 Å². The van der Waals surface area contributed by atoms with Gasteiger partial charge in [0.15, 0.2) is 0 Å². The highest BCUT2D eigenvalue weighted by Crippen LogP contribution is 2.32. The van der Waals surface area contributed by atoms with Crippen LogP contribution in [-0.2, 0) is 0 Å². The molecule has 0 unspecified atom stereocenters. The Labute approximate surface area is 139 Å². The van der Waals surface area contributed by atoms with E-state index in [0.29, 0.717) is 28.1 Å². The molecule has 1 N–H and O–H groups in total. The number of carbonyl (C=O) groups is 1. The first-order valence-electron chi connectivity index (χ1n) is 7.29. The van der Waals surface area contributed by atoms with Crippen LogP contribution in [0.15, 0.2) is 47.2 Å². The van der Waals surface area contributed by atoms with E-state index in [1.807, 2.05) is 0 Å². The Morgan fingerprint density at radius 1 is 1.08 bits per heavy atom. The van der Waals surface area contributed by atoms with Gasteiger partial charge in [-0.15, -0.1) is 0 Å². The van der Waals surface area contributed by atoms with Gasteiger partial charge in [0.25, 0.3) is 0 Å². The molecule has 3 aromatic rings. The number of aryl methyl sites for hydroxylation is 2. The molecule has 0 saturated heterocycles. The third-order valence-corrected chi connectivity index (χ3v) is 3.60. The standard InChI is InChI=1S/C19H14N2O3/c1-12-17(13(2)24-21-12)18-15(4-3-5-16(18)19(22)23)7-6-14-8-10-20-11-9-14/h3-5,8-11H,1-2H3,(H,22,23). The lowest BCUT2D eigenvalue weighted by Crippen LogP contribution is -2.02. The second kappa shape index (κ2) is 6.39. The van der Waals surface area contributed by atoms with Crippen molar-refractivity contribution in [2.45, 2.75) is 13.8 Å². The van der Waals surface area contributed by atoms with Crippen molar-refractivity contribution in [3.8, 4) is 23.0 Å². The van der Waals surface area contributed by atoms with Gasteiger partial charge in [0.2, 0.25) is 0 Å². The first-order chi connectivity index (χ1) is 11.6. The van der Waals surface area contributed by atoms with E-state index in [2.05, 4.69) is 22.0 Å². The van der Waals surface area contributed by atoms with E-state index in [1.54, 1.807) is 56.6 Å². The average molecular weight is 318 g/mol. The Hall–Kier alpha value is -3.39. The van der Waals surface area contributed by atoms with Crippen LogP contribution in [0.3, 0.4) is 0 Å². The molecule has 0 saturated carbocycles. The fourth-order valence-electron chi connectivity index (χ4n) is 2.52. The molecule has 24 heavy (non-hydrogen) atoms. The summed E-state index contributed by atoms with van der Waals surface area (Å²) in [7, 11) is 0. The topological polar surface area (TPSA) is 76.2 Å². The molecule has 0 aliphatic rings. The van der Waals surface area contributed by atoms with Crippen molar-refractivity contribution < 1.29 is 14.4 Å². The zero-order valence-corrected chi connectivity index (χ0v) is 13.2. The summed E-state index contributed by atoms with van der Waals surface area (Å²) >= 11 is 0. The third-order valence-electron chi connectivity index (χ3n) is 3.60. The van der Waals surface area contributed by atoms with E-state index in [9.17, 15) is 9.90 Å². The highest BCUT2D eigenvalue weighted by atomic mass is 16.5. The van der Waals surface area contributed by atoms with Gasteiger partial charge in [0, 0.05) is 34.6 Å². The van der Waals surface area contributed by atoms with Crippen molar-refractivity contribution >= 4 is 5.97 Å². The molecule has 0 atom stereocenters. The minimum absolute atomic E-state index is 0.172. The average Bonchev–Trinajstić information content (AvgIpc) is 2.92. The quantitative estimate of drug-likeness (QED) is 0.732. The maximum Gasteiger partial charge on any atom is 0.336 e. The van der Waals surface area contributed by atoms with Gasteiger partial charge in [-0.3, -0.25) is 4.98 Å². The molecular weight excluding hydrogens is 304 g/mol. The van der Waals surface area contributed by atoms with Gasteiger partial charge in [0.1, 0.15) is 5.76 Å². The molecule has 5 nitrogen and oxygen atoms in total. The summed E-state index contributed by atoms with van der Waals surface area (Å²) < 4.78 is 5.20. The fourth-order valence-corrected chi connectivity index (χ4v) is 2.52. The molecule has 5 heteroatoms. The summed E-state index contributed by atoms with van der Waals surface area (Å²) in [5, 5.41) is 13.5. The molecule has 0 amide bonds. The summed E-state index contributed by atoms with van der Waals surface area (Å²) in [4.78, 5) is 15.6. The van der Waals surface area contributed by atoms with Gasteiger partial charge >= 0.3 is 5.97 Å². The molecular formula is C19H14N2O3. The van der Waals surface area contributed by atoms with Gasteiger partial charge in [-0.25, -0.2) is 4.79 Å². The first kappa shape index (κ1) is 15.5. The lowest BCUT2D eigenvalue weighted by Gasteiger charge is -2.08. The molecule has 0 bridgehead atoms. The molecule has 2 heterocycles. The van der Waals surface area contributed by atoms with Crippen molar-refractivity contribution in [1.82, 2.24) is 10.1 Å². The van der Waals surface area contributed by atoms with Crippen molar-refractivity contribution in [3.63, 3.8) is 0 Å². The molecule has 0 fully saturated rings. The molecule has 0 radical (unpaired) electrons. The van der Waals surface area contributed by atoms with Crippen molar-refractivity contribution in [2.75, 3.05) is 0 Å². The van der Waals surface area contributed by atoms with Crippen LogP contribution in [0.5, 0.6) is 0 Å². The highest BCUT2D eigenvalue weighted by Gasteiger charge is 2.21. The van der Waals surface area contributed by atoms with Crippen LogP contribution in [-0.4, -0.2) is 21.2 Å². The molecule has 0 aliphatic carbocycles. The first-order valence-corrected chi connectivity index (χ1v) is 7.29. The number of aromatic carboxylic acids is 1. The number of hydrogen-bond acceptors (Lipinski definition) is 4. The SMILES string of the molecule is Cc1noc(C)c1-c1c(C#Cc2ccncc2)cccc1C(=O)O. The third kappa shape index (κ3) is 2.90. The van der Waals surface area contributed by atoms with Crippen LogP contribution in [0, 0.1) is 25.7 Å². The summed E-state index contributed by atoms with van der Waals surface area (Å²) in [5.41, 5.74) is 3.42. The predicted octanol–water partition coefficient (Wildman–Crippen LogP) is 3.45. The number of rotatable bonds is 2. The maximum atomic E-state index is 11.7. The lowest BCUT2D eigenvalue weighted by atomic mass is 9.93. The molecule has 118 valence electrons. The van der Waals surface area contributed by atoms with E-state index < -0.39 is 5.97 Å². The fraction of sp³-hybridized carbons (Fsp3) is 0.105. The molecule has 2 aromatic heterocycles. The zero-order chi connectivity index (χ0) is 17.1. The number of carboxylic acid groups (broad SMARTS) is 1. The van der Waals surface area contributed by atoms with Crippen molar-refractivity contribution in [1.29, 1.82) is 0 Å². The summed E-state index contributed by atoms with van der Waals surface area (Å²) in [6, 6.07) is 8.62. The Morgan fingerprint density at radius 3 is 2.46 bits per heavy atom. The Balaban J connectivity index is 2.23. The number of nitrogens with zero attached hydrogens (tertiary/aromatic N) is 2. The number of hydrogen-bond donors (Lipinski definition) is 1. The molecule has 3 rings (SSSR count). The van der Waals surface area contributed by atoms with Gasteiger partial charge < -0.3 is 9.63 Å². The second-order valence-electron chi connectivity index (χ2n) is 5.22. The highest BCUT2D eigenvalue weighted by molar-refractivity contribution is 5.98. The smallest absolute Gasteiger partial charge is 0.336 e. The largest absolute Gasteiger partial charge is 0.478 e. The Kier molecular flexibility index (Phi) is 4.13. The summed E-state index contributed by atoms with van der Waals surface area (Å²) in [6.07, 6.45) is 3.32. The van der Waals surface area contributed by atoms with E-state index in [4.69, 9.17) is 4.52 Å². The van der Waals surface area contributed by atoms with Crippen molar-refractivity contribution in [2.24, 2.45) is 0 Å². The minimum atomic E-state index is -1.02. The Morgan fingerprint density at radius 2 is 1.83 bits per heavy atom. The molecule has 0 spiro atoms. The molecule has 1 aromatic carbocycles. The van der Waals surface area contributed by atoms with Crippen molar-refractivity contribution in [3.05, 3.63) is 70.9 Å². The minimum Gasteiger partial charge on any atom is -0.478 e. The van der Waals surface area contributed by atoms with Gasteiger partial charge in [0.05, 0.1) is 11.3 Å². The van der Waals surface area contributed by atoms with Gasteiger partial charge in [-0.1, -0.05) is 23.1 Å². The monoisotopic (exact) mass is 318 g/mol. The van der Waals surface area contributed by atoms with Gasteiger partial charge in [-0.05, 0) is 38.1 Å². The van der Waals surface area contributed by atoms with Crippen LogP contribution in [0.25, 0.3) is 11.1 Å². The maximum absolute atomic E-state index is 11.7. The molecule has 0 aliphatic heterocycles. The number of pyridine rings is 1. The normalized spacial score (nSPS) is 10.1.